The van der Waals surface area contributed by atoms with Gasteiger partial charge in [-0.05, 0) is 68.7 Å². The van der Waals surface area contributed by atoms with E-state index in [0.29, 0.717) is 6.10 Å². The van der Waals surface area contributed by atoms with E-state index in [1.807, 2.05) is 13.8 Å². The van der Waals surface area contributed by atoms with Crippen molar-refractivity contribution in [2.75, 3.05) is 31.1 Å². The lowest BCUT2D eigenvalue weighted by atomic mass is 10.00. The van der Waals surface area contributed by atoms with E-state index in [0.717, 1.165) is 79.3 Å². The van der Waals surface area contributed by atoms with Gasteiger partial charge >= 0.3 is 0 Å². The highest BCUT2D eigenvalue weighted by atomic mass is 16.5. The summed E-state index contributed by atoms with van der Waals surface area (Å²) < 4.78 is 11.4. The van der Waals surface area contributed by atoms with Crippen LogP contribution in [0.1, 0.15) is 41.8 Å². The minimum atomic E-state index is -0.285. The first kappa shape index (κ1) is 22.6. The van der Waals surface area contributed by atoms with Crippen molar-refractivity contribution in [2.24, 2.45) is 0 Å². The lowest BCUT2D eigenvalue weighted by Crippen LogP contribution is -2.48. The van der Waals surface area contributed by atoms with Gasteiger partial charge in [0.05, 0.1) is 11.8 Å². The van der Waals surface area contributed by atoms with Crippen molar-refractivity contribution < 1.29 is 9.26 Å². The number of nitrogens with zero attached hydrogens (tertiary/aromatic N) is 3. The van der Waals surface area contributed by atoms with E-state index >= 15 is 0 Å². The van der Waals surface area contributed by atoms with Crippen LogP contribution in [0.2, 0.25) is 0 Å². The third-order valence-corrected chi connectivity index (χ3v) is 7.10. The highest BCUT2D eigenvalue weighted by Gasteiger charge is 2.52. The number of aryl methyl sites for hydroxylation is 3. The Morgan fingerprint density at radius 1 is 1.15 bits per heavy atom. The van der Waals surface area contributed by atoms with E-state index in [1.165, 1.54) is 11.3 Å². The molecule has 2 fully saturated rings. The fraction of sp³-hybridized carbons (Fsp3) is 0.429. The lowest BCUT2D eigenvalue weighted by molar-refractivity contribution is 0.0186. The van der Waals surface area contributed by atoms with Crippen LogP contribution in [0, 0.1) is 27.3 Å². The second kappa shape index (κ2) is 9.25. The first-order valence-corrected chi connectivity index (χ1v) is 12.1. The second-order valence-electron chi connectivity index (χ2n) is 9.55. The van der Waals surface area contributed by atoms with Gasteiger partial charge in [0, 0.05) is 61.6 Å². The van der Waals surface area contributed by atoms with Gasteiger partial charge in [0.1, 0.15) is 5.76 Å². The van der Waals surface area contributed by atoms with Crippen LogP contribution in [0.5, 0.6) is 0 Å². The van der Waals surface area contributed by atoms with Crippen molar-refractivity contribution in [1.82, 2.24) is 10.5 Å². The highest BCUT2D eigenvalue weighted by Crippen LogP contribution is 2.50. The van der Waals surface area contributed by atoms with Crippen molar-refractivity contribution in [3.8, 4) is 11.1 Å². The average Bonchev–Trinajstić information content (AvgIpc) is 3.55. The Morgan fingerprint density at radius 3 is 2.50 bits per heavy atom. The number of hydrogen-bond donors (Lipinski definition) is 1. The van der Waals surface area contributed by atoms with Crippen molar-refractivity contribution >= 4 is 11.4 Å². The van der Waals surface area contributed by atoms with Gasteiger partial charge in [0.25, 0.3) is 5.54 Å². The fourth-order valence-corrected chi connectivity index (χ4v) is 4.73. The molecule has 0 amide bonds. The fourth-order valence-electron chi connectivity index (χ4n) is 4.73. The van der Waals surface area contributed by atoms with E-state index < -0.39 is 0 Å². The average molecular weight is 457 g/mol. The number of rotatable bonds is 9. The summed E-state index contributed by atoms with van der Waals surface area (Å²) in [5.74, 6) is 0.833. The molecule has 0 atom stereocenters. The number of anilines is 2. The molecule has 1 aliphatic heterocycles. The molecular weight excluding hydrogens is 424 g/mol. The summed E-state index contributed by atoms with van der Waals surface area (Å²) >= 11 is 0. The number of hydrogen-bond acceptors (Lipinski definition) is 5. The molecule has 176 valence electrons. The molecule has 2 heterocycles. The first-order chi connectivity index (χ1) is 16.5. The van der Waals surface area contributed by atoms with Gasteiger partial charge in [-0.3, -0.25) is 0 Å². The zero-order valence-electron chi connectivity index (χ0n) is 20.2. The van der Waals surface area contributed by atoms with E-state index in [2.05, 4.69) is 69.6 Å². The van der Waals surface area contributed by atoms with Gasteiger partial charge in [-0.1, -0.05) is 17.3 Å². The Hall–Kier alpha value is -3.14. The molecule has 0 radical (unpaired) electrons. The molecule has 2 aliphatic rings. The molecule has 3 aromatic rings. The van der Waals surface area contributed by atoms with Crippen LogP contribution < -0.4 is 10.2 Å². The van der Waals surface area contributed by atoms with Crippen molar-refractivity contribution in [2.45, 2.75) is 51.7 Å². The summed E-state index contributed by atoms with van der Waals surface area (Å²) in [7, 11) is 0. The number of aromatic nitrogens is 1. The summed E-state index contributed by atoms with van der Waals surface area (Å²) in [6.07, 6.45) is 3.21. The second-order valence-corrected chi connectivity index (χ2v) is 9.55. The maximum Gasteiger partial charge on any atom is 0.258 e. The largest absolute Gasteiger partial charge is 0.376 e. The summed E-state index contributed by atoms with van der Waals surface area (Å²) in [6, 6.07) is 15.2. The van der Waals surface area contributed by atoms with Gasteiger partial charge in [-0.25, -0.2) is 6.57 Å². The monoisotopic (exact) mass is 456 g/mol. The molecule has 2 aromatic carbocycles. The van der Waals surface area contributed by atoms with E-state index in [-0.39, 0.29) is 5.54 Å². The minimum absolute atomic E-state index is 0.285. The molecule has 34 heavy (non-hydrogen) atoms. The molecule has 1 aromatic heterocycles. The van der Waals surface area contributed by atoms with Gasteiger partial charge < -0.3 is 24.3 Å². The summed E-state index contributed by atoms with van der Waals surface area (Å²) in [6.45, 7) is 17.2. The van der Waals surface area contributed by atoms with Gasteiger partial charge in [-0.15, -0.1) is 0 Å². The molecule has 0 unspecified atom stereocenters. The van der Waals surface area contributed by atoms with Crippen molar-refractivity contribution in [1.29, 1.82) is 0 Å². The maximum absolute atomic E-state index is 7.58. The number of ether oxygens (including phenoxy) is 1. The normalized spacial score (nSPS) is 16.6. The molecular formula is C28H32N4O2. The van der Waals surface area contributed by atoms with Crippen LogP contribution in [-0.2, 0) is 10.3 Å². The van der Waals surface area contributed by atoms with E-state index in [4.69, 9.17) is 15.8 Å². The number of nitrogens with one attached hydrogen (secondary N) is 1. The standard InChI is InChI=1S/C28H32N4O2/c1-19-6-7-22(27-20(2)31-34-21(27)3)16-26(19)32(14-5-15-33-25-17-30-18-25)24-10-8-23(9-11-24)28(29-4)12-13-28/h6-11,16,25,30H,5,12-15,17-18H2,1-3H3. The Balaban J connectivity index is 1.45. The van der Waals surface area contributed by atoms with Crippen LogP contribution in [0.15, 0.2) is 47.0 Å². The molecule has 1 saturated carbocycles. The van der Waals surface area contributed by atoms with Crippen LogP contribution in [0.3, 0.4) is 0 Å². The molecule has 1 saturated heterocycles. The molecule has 1 aliphatic carbocycles. The van der Waals surface area contributed by atoms with Crippen molar-refractivity contribution in [3.63, 3.8) is 0 Å². The molecule has 0 spiro atoms. The molecule has 1 N–H and O–H groups in total. The first-order valence-electron chi connectivity index (χ1n) is 12.1. The molecule has 6 heteroatoms. The smallest absolute Gasteiger partial charge is 0.258 e. The Kier molecular flexibility index (Phi) is 6.16. The SMILES string of the molecule is [C-]#[N+]C1(c2ccc(N(CCCOC3CNC3)c3cc(-c4c(C)noc4C)ccc3C)cc2)CC1. The van der Waals surface area contributed by atoms with Crippen molar-refractivity contribution in [3.05, 3.63) is 76.5 Å². The zero-order valence-corrected chi connectivity index (χ0v) is 20.2. The third-order valence-electron chi connectivity index (χ3n) is 7.10. The summed E-state index contributed by atoms with van der Waals surface area (Å²) in [4.78, 5) is 6.27. The maximum atomic E-state index is 7.58. The number of benzene rings is 2. The van der Waals surface area contributed by atoms with Crippen LogP contribution in [0.25, 0.3) is 16.0 Å². The quantitative estimate of drug-likeness (QED) is 0.331. The lowest BCUT2D eigenvalue weighted by Gasteiger charge is -2.30. The van der Waals surface area contributed by atoms with E-state index in [1.54, 1.807) is 0 Å². The van der Waals surface area contributed by atoms with Gasteiger partial charge in [-0.2, -0.15) is 0 Å². The Morgan fingerprint density at radius 2 is 1.91 bits per heavy atom. The summed E-state index contributed by atoms with van der Waals surface area (Å²) in [5.41, 5.74) is 7.44. The van der Waals surface area contributed by atoms with E-state index in [9.17, 15) is 0 Å². The summed E-state index contributed by atoms with van der Waals surface area (Å²) in [5, 5.41) is 7.41. The molecule has 0 bridgehead atoms. The van der Waals surface area contributed by atoms with Crippen LogP contribution >= 0.6 is 0 Å². The van der Waals surface area contributed by atoms with Gasteiger partial charge in [0.2, 0.25) is 0 Å². The molecule has 6 nitrogen and oxygen atoms in total. The minimum Gasteiger partial charge on any atom is -0.376 e. The molecule has 5 rings (SSSR count). The van der Waals surface area contributed by atoms with Crippen LogP contribution in [0.4, 0.5) is 11.4 Å². The predicted octanol–water partition coefficient (Wildman–Crippen LogP) is 5.69. The predicted molar refractivity (Wildman–Crippen MR) is 134 cm³/mol. The van der Waals surface area contributed by atoms with Gasteiger partial charge in [0.15, 0.2) is 0 Å². The zero-order chi connectivity index (χ0) is 23.7. The Bertz CT molecular complexity index is 1180. The Labute approximate surface area is 201 Å². The third kappa shape index (κ3) is 4.34. The van der Waals surface area contributed by atoms with Crippen LogP contribution in [-0.4, -0.2) is 37.5 Å². The highest BCUT2D eigenvalue weighted by molar-refractivity contribution is 5.76. The topological polar surface area (TPSA) is 54.9 Å².